The molecule has 0 unspecified atom stereocenters. The van der Waals surface area contributed by atoms with Gasteiger partial charge in [-0.05, 0) is 5.92 Å². The number of carbonyl (C=O) groups excluding carboxylic acids is 1. The molecule has 1 aliphatic heterocycles. The van der Waals surface area contributed by atoms with Gasteiger partial charge in [0.05, 0.1) is 5.76 Å². The van der Waals surface area contributed by atoms with Gasteiger partial charge in [0.15, 0.2) is 5.78 Å². The Labute approximate surface area is 73.6 Å². The number of hydrogen-bond acceptors (Lipinski definition) is 2. The summed E-state index contributed by atoms with van der Waals surface area (Å²) >= 11 is 0. The average molecular weight is 168 g/mol. The highest BCUT2D eigenvalue weighted by atomic mass is 16.5. The van der Waals surface area contributed by atoms with Gasteiger partial charge in [0.1, 0.15) is 6.10 Å². The quantitative estimate of drug-likeness (QED) is 0.632. The lowest BCUT2D eigenvalue weighted by Gasteiger charge is -2.26. The first-order chi connectivity index (χ1) is 5.63. The Morgan fingerprint density at radius 1 is 1.67 bits per heavy atom. The maximum atomic E-state index is 11.2. The number of ketones is 1. The maximum Gasteiger partial charge on any atom is 0.162 e. The molecule has 0 fully saturated rings. The van der Waals surface area contributed by atoms with Crippen molar-refractivity contribution in [3.05, 3.63) is 11.8 Å². The van der Waals surface area contributed by atoms with E-state index in [-0.39, 0.29) is 11.9 Å². The molecule has 1 aliphatic rings. The van der Waals surface area contributed by atoms with Crippen molar-refractivity contribution in [2.75, 3.05) is 0 Å². The molecule has 0 radical (unpaired) electrons. The number of hydrogen-bond donors (Lipinski definition) is 0. The van der Waals surface area contributed by atoms with Crippen LogP contribution in [0.25, 0.3) is 0 Å². The first-order valence-corrected chi connectivity index (χ1v) is 4.53. The van der Waals surface area contributed by atoms with Crippen molar-refractivity contribution in [1.82, 2.24) is 0 Å². The third-order valence-electron chi connectivity index (χ3n) is 2.12. The highest BCUT2D eigenvalue weighted by molar-refractivity contribution is 5.91. The zero-order valence-electron chi connectivity index (χ0n) is 7.96. The normalized spacial score (nSPS) is 23.8. The van der Waals surface area contributed by atoms with Crippen LogP contribution in [0.4, 0.5) is 0 Å². The zero-order chi connectivity index (χ0) is 9.14. The number of carbonyl (C=O) groups is 1. The van der Waals surface area contributed by atoms with Crippen LogP contribution < -0.4 is 0 Å². The number of rotatable bonds is 2. The smallest absolute Gasteiger partial charge is 0.162 e. The van der Waals surface area contributed by atoms with Gasteiger partial charge in [-0.3, -0.25) is 4.79 Å². The summed E-state index contributed by atoms with van der Waals surface area (Å²) in [5, 5.41) is 0. The predicted octanol–water partition coefficient (Wildman–Crippen LogP) is 2.29. The van der Waals surface area contributed by atoms with E-state index in [0.29, 0.717) is 12.3 Å². The summed E-state index contributed by atoms with van der Waals surface area (Å²) in [6.45, 7) is 6.16. The molecule has 0 amide bonds. The van der Waals surface area contributed by atoms with E-state index < -0.39 is 0 Å². The highest BCUT2D eigenvalue weighted by Crippen LogP contribution is 2.21. The SMILES string of the molecule is CCC1=CC(=O)C[C@H](C(C)C)O1. The van der Waals surface area contributed by atoms with E-state index >= 15 is 0 Å². The third kappa shape index (κ3) is 2.10. The lowest BCUT2D eigenvalue weighted by molar-refractivity contribution is -0.119. The summed E-state index contributed by atoms with van der Waals surface area (Å²) < 4.78 is 5.61. The fraction of sp³-hybridized carbons (Fsp3) is 0.700. The second-order valence-corrected chi connectivity index (χ2v) is 3.53. The lowest BCUT2D eigenvalue weighted by atomic mass is 9.99. The number of allylic oxidation sites excluding steroid dienone is 2. The van der Waals surface area contributed by atoms with Gasteiger partial charge in [-0.15, -0.1) is 0 Å². The molecule has 1 rings (SSSR count). The molecule has 1 heterocycles. The van der Waals surface area contributed by atoms with Crippen LogP contribution in [0, 0.1) is 5.92 Å². The van der Waals surface area contributed by atoms with Crippen LogP contribution in [0.1, 0.15) is 33.6 Å². The van der Waals surface area contributed by atoms with Crippen molar-refractivity contribution in [2.24, 2.45) is 5.92 Å². The van der Waals surface area contributed by atoms with Crippen molar-refractivity contribution < 1.29 is 9.53 Å². The van der Waals surface area contributed by atoms with Crippen molar-refractivity contribution >= 4 is 5.78 Å². The molecule has 0 spiro atoms. The van der Waals surface area contributed by atoms with Crippen LogP contribution in [-0.4, -0.2) is 11.9 Å². The van der Waals surface area contributed by atoms with Crippen LogP contribution in [0.5, 0.6) is 0 Å². The molecule has 0 aromatic carbocycles. The van der Waals surface area contributed by atoms with E-state index in [1.54, 1.807) is 6.08 Å². The predicted molar refractivity (Wildman–Crippen MR) is 47.7 cm³/mol. The summed E-state index contributed by atoms with van der Waals surface area (Å²) in [6.07, 6.45) is 3.08. The molecule has 0 N–H and O–H groups in total. The fourth-order valence-electron chi connectivity index (χ4n) is 1.26. The van der Waals surface area contributed by atoms with Crippen LogP contribution in [0.3, 0.4) is 0 Å². The van der Waals surface area contributed by atoms with Crippen LogP contribution in [-0.2, 0) is 9.53 Å². The van der Waals surface area contributed by atoms with Gasteiger partial charge < -0.3 is 4.74 Å². The van der Waals surface area contributed by atoms with Gasteiger partial charge in [-0.1, -0.05) is 20.8 Å². The van der Waals surface area contributed by atoms with Crippen LogP contribution in [0.15, 0.2) is 11.8 Å². The fourth-order valence-corrected chi connectivity index (χ4v) is 1.26. The molecule has 2 heteroatoms. The average Bonchev–Trinajstić information content (AvgIpc) is 2.03. The molecular formula is C10H16O2. The second kappa shape index (κ2) is 3.74. The monoisotopic (exact) mass is 168 g/mol. The first kappa shape index (κ1) is 9.30. The minimum Gasteiger partial charge on any atom is -0.494 e. The second-order valence-electron chi connectivity index (χ2n) is 3.53. The molecule has 0 aliphatic carbocycles. The van der Waals surface area contributed by atoms with E-state index in [4.69, 9.17) is 4.74 Å². The Bertz CT molecular complexity index is 204. The molecule has 0 aromatic heterocycles. The molecule has 0 bridgehead atoms. The standard InChI is InChI=1S/C10H16O2/c1-4-9-5-8(11)6-10(12-9)7(2)3/h5,7,10H,4,6H2,1-3H3/t10-/m1/s1. The molecular weight excluding hydrogens is 152 g/mol. The molecule has 12 heavy (non-hydrogen) atoms. The van der Waals surface area contributed by atoms with E-state index in [1.807, 2.05) is 6.92 Å². The Kier molecular flexibility index (Phi) is 2.90. The van der Waals surface area contributed by atoms with Gasteiger partial charge in [0.2, 0.25) is 0 Å². The maximum absolute atomic E-state index is 11.2. The third-order valence-corrected chi connectivity index (χ3v) is 2.12. The zero-order valence-corrected chi connectivity index (χ0v) is 7.96. The van der Waals surface area contributed by atoms with Crippen LogP contribution >= 0.6 is 0 Å². The molecule has 0 saturated heterocycles. The number of ether oxygens (including phenoxy) is 1. The summed E-state index contributed by atoms with van der Waals surface area (Å²) in [6, 6.07) is 0. The first-order valence-electron chi connectivity index (χ1n) is 4.53. The highest BCUT2D eigenvalue weighted by Gasteiger charge is 2.23. The Morgan fingerprint density at radius 2 is 2.33 bits per heavy atom. The van der Waals surface area contributed by atoms with Crippen molar-refractivity contribution in [3.8, 4) is 0 Å². The van der Waals surface area contributed by atoms with E-state index in [0.717, 1.165) is 12.2 Å². The van der Waals surface area contributed by atoms with E-state index in [2.05, 4.69) is 13.8 Å². The Balaban J connectivity index is 2.66. The van der Waals surface area contributed by atoms with Gasteiger partial charge in [-0.25, -0.2) is 0 Å². The minimum absolute atomic E-state index is 0.0949. The van der Waals surface area contributed by atoms with Crippen molar-refractivity contribution in [2.45, 2.75) is 39.7 Å². The topological polar surface area (TPSA) is 26.3 Å². The van der Waals surface area contributed by atoms with Crippen molar-refractivity contribution in [3.63, 3.8) is 0 Å². The summed E-state index contributed by atoms with van der Waals surface area (Å²) in [7, 11) is 0. The molecule has 0 saturated carbocycles. The van der Waals surface area contributed by atoms with Gasteiger partial charge in [-0.2, -0.15) is 0 Å². The lowest BCUT2D eigenvalue weighted by Crippen LogP contribution is -2.26. The molecule has 0 aromatic rings. The van der Waals surface area contributed by atoms with Gasteiger partial charge >= 0.3 is 0 Å². The largest absolute Gasteiger partial charge is 0.494 e. The summed E-state index contributed by atoms with van der Waals surface area (Å²) in [4.78, 5) is 11.2. The Hall–Kier alpha value is -0.790. The molecule has 1 atom stereocenters. The summed E-state index contributed by atoms with van der Waals surface area (Å²) in [5.41, 5.74) is 0. The van der Waals surface area contributed by atoms with Crippen molar-refractivity contribution in [1.29, 1.82) is 0 Å². The minimum atomic E-state index is 0.0949. The summed E-state index contributed by atoms with van der Waals surface area (Å²) in [5.74, 6) is 1.46. The van der Waals surface area contributed by atoms with Gasteiger partial charge in [0.25, 0.3) is 0 Å². The molecule has 68 valence electrons. The molecule has 2 nitrogen and oxygen atoms in total. The van der Waals surface area contributed by atoms with Crippen LogP contribution in [0.2, 0.25) is 0 Å². The van der Waals surface area contributed by atoms with Gasteiger partial charge in [0, 0.05) is 18.9 Å². The van der Waals surface area contributed by atoms with E-state index in [9.17, 15) is 4.79 Å². The van der Waals surface area contributed by atoms with E-state index in [1.165, 1.54) is 0 Å². The Morgan fingerprint density at radius 3 is 2.83 bits per heavy atom.